The number of para-hydroxylation sites is 1. The van der Waals surface area contributed by atoms with Gasteiger partial charge in [0.15, 0.2) is 0 Å². The van der Waals surface area contributed by atoms with E-state index in [0.29, 0.717) is 16.8 Å². The highest BCUT2D eigenvalue weighted by Gasteiger charge is 2.33. The molecular formula is C62H32N4S3. The molecule has 318 valence electrons. The van der Waals surface area contributed by atoms with Gasteiger partial charge in [0.25, 0.3) is 0 Å². The zero-order valence-electron chi connectivity index (χ0n) is 36.5. The van der Waals surface area contributed by atoms with Gasteiger partial charge in [0, 0.05) is 83.8 Å². The summed E-state index contributed by atoms with van der Waals surface area (Å²) in [4.78, 5) is 4.65. The molecule has 0 saturated carbocycles. The Balaban J connectivity index is 1.25. The summed E-state index contributed by atoms with van der Waals surface area (Å²) < 4.78 is 12.0. The van der Waals surface area contributed by atoms with Crippen molar-refractivity contribution in [2.75, 3.05) is 0 Å². The molecule has 0 amide bonds. The predicted molar refractivity (Wildman–Crippen MR) is 296 cm³/mol. The largest absolute Gasteiger partial charge is 0.316 e. The van der Waals surface area contributed by atoms with E-state index in [1.165, 1.54) is 51.1 Å². The second-order valence-corrected chi connectivity index (χ2v) is 20.8. The van der Waals surface area contributed by atoms with Crippen LogP contribution in [0, 0.1) is 17.9 Å². The van der Waals surface area contributed by atoms with Crippen molar-refractivity contribution in [1.29, 1.82) is 5.26 Å². The van der Waals surface area contributed by atoms with Crippen molar-refractivity contribution in [3.8, 4) is 39.7 Å². The number of fused-ring (bicyclic) bond motifs is 17. The molecule has 0 fully saturated rings. The molecule has 69 heavy (non-hydrogen) atoms. The van der Waals surface area contributed by atoms with E-state index in [1.807, 2.05) is 47.7 Å². The van der Waals surface area contributed by atoms with Gasteiger partial charge in [-0.05, 0) is 47.5 Å². The van der Waals surface area contributed by atoms with Crippen molar-refractivity contribution in [1.82, 2.24) is 9.13 Å². The first-order valence-electron chi connectivity index (χ1n) is 22.8. The Morgan fingerprint density at radius 2 is 0.884 bits per heavy atom. The summed E-state index contributed by atoms with van der Waals surface area (Å²) in [5.41, 5.74) is 9.66. The maximum absolute atomic E-state index is 12.0. The van der Waals surface area contributed by atoms with Crippen LogP contribution in [-0.4, -0.2) is 9.13 Å². The quantitative estimate of drug-likeness (QED) is 0.162. The van der Waals surface area contributed by atoms with Crippen molar-refractivity contribution in [2.24, 2.45) is 0 Å². The summed E-state index contributed by atoms with van der Waals surface area (Å²) in [7, 11) is 0. The Kier molecular flexibility index (Phi) is 8.08. The van der Waals surface area contributed by atoms with Gasteiger partial charge in [-0.15, -0.1) is 34.0 Å². The zero-order valence-corrected chi connectivity index (χ0v) is 38.9. The first-order valence-corrected chi connectivity index (χ1v) is 25.3. The van der Waals surface area contributed by atoms with Gasteiger partial charge in [-0.1, -0.05) is 158 Å². The van der Waals surface area contributed by atoms with Crippen LogP contribution in [0.15, 0.2) is 194 Å². The highest BCUT2D eigenvalue weighted by Crippen LogP contribution is 2.55. The van der Waals surface area contributed by atoms with Crippen LogP contribution < -0.4 is 0 Å². The van der Waals surface area contributed by atoms with E-state index in [2.05, 4.69) is 178 Å². The summed E-state index contributed by atoms with van der Waals surface area (Å²) in [6.45, 7) is 9.48. The van der Waals surface area contributed by atoms with Crippen molar-refractivity contribution in [3.63, 3.8) is 0 Å². The van der Waals surface area contributed by atoms with Gasteiger partial charge in [-0.2, -0.15) is 5.26 Å². The molecule has 0 unspecified atom stereocenters. The van der Waals surface area contributed by atoms with Crippen LogP contribution in [0.3, 0.4) is 0 Å². The second kappa shape index (κ2) is 14.5. The fourth-order valence-electron chi connectivity index (χ4n) is 11.3. The first kappa shape index (κ1) is 38.5. The van der Waals surface area contributed by atoms with E-state index < -0.39 is 0 Å². The fraction of sp³-hybridized carbons (Fsp3) is 0. The molecule has 0 radical (unpaired) electrons. The molecule has 5 aromatic heterocycles. The lowest BCUT2D eigenvalue weighted by Gasteiger charge is -2.26. The number of benzene rings is 10. The number of thiophene rings is 3. The highest BCUT2D eigenvalue weighted by atomic mass is 32.1. The summed E-state index contributed by atoms with van der Waals surface area (Å²) in [5, 5.41) is 23.6. The Bertz CT molecular complexity index is 4670. The van der Waals surface area contributed by atoms with Crippen LogP contribution in [0.5, 0.6) is 0 Å². The fourth-order valence-corrected chi connectivity index (χ4v) is 14.9. The summed E-state index contributed by atoms with van der Waals surface area (Å²) >= 11 is 5.43. The predicted octanol–water partition coefficient (Wildman–Crippen LogP) is 18.7. The van der Waals surface area contributed by atoms with Crippen LogP contribution in [-0.2, 0) is 0 Å². The molecule has 4 nitrogen and oxygen atoms in total. The lowest BCUT2D eigenvalue weighted by molar-refractivity contribution is 1.14. The average Bonchev–Trinajstić information content (AvgIpc) is 4.22. The highest BCUT2D eigenvalue weighted by molar-refractivity contribution is 7.27. The van der Waals surface area contributed by atoms with Crippen molar-refractivity contribution >= 4 is 144 Å². The third-order valence-electron chi connectivity index (χ3n) is 14.2. The maximum Gasteiger partial charge on any atom is 0.220 e. The molecule has 0 saturated heterocycles. The summed E-state index contributed by atoms with van der Waals surface area (Å²) in [5.74, 6) is 0. The topological polar surface area (TPSA) is 38.0 Å². The zero-order chi connectivity index (χ0) is 45.5. The van der Waals surface area contributed by atoms with Gasteiger partial charge in [0.05, 0.1) is 55.0 Å². The first-order chi connectivity index (χ1) is 34.2. The molecule has 0 spiro atoms. The van der Waals surface area contributed by atoms with E-state index in [4.69, 9.17) is 0 Å². The van der Waals surface area contributed by atoms with Gasteiger partial charge >= 0.3 is 0 Å². The lowest BCUT2D eigenvalue weighted by atomic mass is 9.88. The Morgan fingerprint density at radius 1 is 0.391 bits per heavy atom. The standard InChI is InChI=1S/C62H32N4S3/c1-64-56-54(35-16-4-2-5-17-35)47(34-63)57(65-48-24-12-8-20-37(48)45-33-53-46(32-49(45)65)40-23-11-13-25-50(40)67-53)55(36-18-6-3-7-19-36)60(56)66-58-41(28-30-43-38-21-9-14-26-51(38)68-61(43)58)42-29-31-44-39-22-10-15-27-52(39)69-62(44)59(42)66/h2-33H. The van der Waals surface area contributed by atoms with Crippen LogP contribution in [0.25, 0.3) is 143 Å². The van der Waals surface area contributed by atoms with Crippen LogP contribution >= 0.6 is 34.0 Å². The molecular weight excluding hydrogens is 897 g/mol. The van der Waals surface area contributed by atoms with Gasteiger partial charge in [-0.3, -0.25) is 0 Å². The SMILES string of the molecule is [C-]#[N+]c1c(-c2ccccc2)c(C#N)c(-n2c3ccccc3c3cc4sc5ccccc5c4cc32)c(-c2ccccc2)c1-n1c2c(ccc3c4ccccc4sc32)c2ccc3c4ccccc4sc3c21. The van der Waals surface area contributed by atoms with Crippen molar-refractivity contribution < 1.29 is 0 Å². The summed E-state index contributed by atoms with van der Waals surface area (Å²) in [6, 6.07) is 71.8. The third kappa shape index (κ3) is 5.24. The molecule has 0 bridgehead atoms. The normalized spacial score (nSPS) is 12.0. The summed E-state index contributed by atoms with van der Waals surface area (Å²) in [6.07, 6.45) is 0. The number of rotatable bonds is 4. The van der Waals surface area contributed by atoms with E-state index in [0.717, 1.165) is 81.1 Å². The Labute approximate surface area is 406 Å². The minimum atomic E-state index is 0.433. The average molecular weight is 929 g/mol. The Morgan fingerprint density at radius 3 is 1.46 bits per heavy atom. The monoisotopic (exact) mass is 928 g/mol. The molecule has 0 aliphatic rings. The van der Waals surface area contributed by atoms with Gasteiger partial charge in [0.2, 0.25) is 5.69 Å². The van der Waals surface area contributed by atoms with Crippen molar-refractivity contribution in [3.05, 3.63) is 211 Å². The minimum Gasteiger partial charge on any atom is -0.316 e. The lowest BCUT2D eigenvalue weighted by Crippen LogP contribution is -2.08. The minimum absolute atomic E-state index is 0.433. The third-order valence-corrected chi connectivity index (χ3v) is 17.7. The number of nitrogens with zero attached hydrogens (tertiary/aromatic N) is 4. The van der Waals surface area contributed by atoms with Crippen LogP contribution in [0.1, 0.15) is 5.56 Å². The van der Waals surface area contributed by atoms with E-state index in [9.17, 15) is 11.8 Å². The smallest absolute Gasteiger partial charge is 0.220 e. The van der Waals surface area contributed by atoms with Gasteiger partial charge in [0.1, 0.15) is 6.07 Å². The molecule has 0 atom stereocenters. The molecule has 0 N–H and O–H groups in total. The molecule has 15 aromatic rings. The van der Waals surface area contributed by atoms with E-state index in [1.54, 1.807) is 22.7 Å². The maximum atomic E-state index is 12.0. The molecule has 15 rings (SSSR count). The second-order valence-electron chi connectivity index (χ2n) is 17.7. The van der Waals surface area contributed by atoms with Gasteiger partial charge in [-0.25, -0.2) is 4.85 Å². The number of hydrogen-bond donors (Lipinski definition) is 0. The Hall–Kier alpha value is -8.56. The molecule has 0 aliphatic carbocycles. The van der Waals surface area contributed by atoms with E-state index in [-0.39, 0.29) is 0 Å². The van der Waals surface area contributed by atoms with Crippen molar-refractivity contribution in [2.45, 2.75) is 0 Å². The molecule has 0 aliphatic heterocycles. The van der Waals surface area contributed by atoms with Crippen LogP contribution in [0.4, 0.5) is 5.69 Å². The van der Waals surface area contributed by atoms with E-state index >= 15 is 0 Å². The van der Waals surface area contributed by atoms with Crippen LogP contribution in [0.2, 0.25) is 0 Å². The molecule has 5 heterocycles. The molecule has 10 aromatic carbocycles. The van der Waals surface area contributed by atoms with Gasteiger partial charge < -0.3 is 9.13 Å². The number of aromatic nitrogens is 2. The number of nitriles is 1. The molecule has 7 heteroatoms. The number of hydrogen-bond acceptors (Lipinski definition) is 4.